The molecular formula is C20H20ClN3O2. The van der Waals surface area contributed by atoms with Crippen LogP contribution in [0.3, 0.4) is 0 Å². The standard InChI is InChI=1S/C20H20ClN3O2/c1-2-18(26-19-10-6-4-8-16(19)21)20(25)23-13-15-7-3-5-9-17(15)24-12-11-22-14-24/h3-12,14,18H,2,13H2,1H3,(H,23,25). The first-order valence-corrected chi connectivity index (χ1v) is 8.82. The second-order valence-electron chi connectivity index (χ2n) is 5.76. The summed E-state index contributed by atoms with van der Waals surface area (Å²) in [4.78, 5) is 16.6. The molecule has 0 aliphatic carbocycles. The summed E-state index contributed by atoms with van der Waals surface area (Å²) < 4.78 is 7.70. The lowest BCUT2D eigenvalue weighted by Crippen LogP contribution is -2.37. The van der Waals surface area contributed by atoms with E-state index >= 15 is 0 Å². The van der Waals surface area contributed by atoms with Crippen molar-refractivity contribution < 1.29 is 9.53 Å². The summed E-state index contributed by atoms with van der Waals surface area (Å²) in [6, 6.07) is 15.0. The average molecular weight is 370 g/mol. The summed E-state index contributed by atoms with van der Waals surface area (Å²) in [6.07, 6.45) is 5.27. The van der Waals surface area contributed by atoms with Gasteiger partial charge in [0.1, 0.15) is 5.75 Å². The first kappa shape index (κ1) is 18.0. The lowest BCUT2D eigenvalue weighted by Gasteiger charge is -2.18. The van der Waals surface area contributed by atoms with Gasteiger partial charge in [0.15, 0.2) is 6.10 Å². The lowest BCUT2D eigenvalue weighted by molar-refractivity contribution is -0.128. The Morgan fingerprint density at radius 3 is 2.73 bits per heavy atom. The number of ether oxygens (including phenoxy) is 1. The lowest BCUT2D eigenvalue weighted by atomic mass is 10.1. The number of carbonyl (C=O) groups is 1. The summed E-state index contributed by atoms with van der Waals surface area (Å²) in [5.74, 6) is 0.336. The van der Waals surface area contributed by atoms with Gasteiger partial charge in [-0.05, 0) is 30.2 Å². The molecule has 0 saturated heterocycles. The number of carbonyl (C=O) groups excluding carboxylic acids is 1. The van der Waals surface area contributed by atoms with Gasteiger partial charge < -0.3 is 14.6 Å². The maximum absolute atomic E-state index is 12.6. The molecule has 0 fully saturated rings. The molecule has 0 bridgehead atoms. The molecule has 6 heteroatoms. The smallest absolute Gasteiger partial charge is 0.261 e. The van der Waals surface area contributed by atoms with Crippen LogP contribution in [0.15, 0.2) is 67.3 Å². The first-order valence-electron chi connectivity index (χ1n) is 8.44. The molecule has 0 saturated carbocycles. The third kappa shape index (κ3) is 4.24. The summed E-state index contributed by atoms with van der Waals surface area (Å²) in [6.45, 7) is 2.30. The Kier molecular flexibility index (Phi) is 5.92. The van der Waals surface area contributed by atoms with Crippen molar-refractivity contribution in [1.82, 2.24) is 14.9 Å². The highest BCUT2D eigenvalue weighted by atomic mass is 35.5. The number of imidazole rings is 1. The maximum Gasteiger partial charge on any atom is 0.261 e. The van der Waals surface area contributed by atoms with Crippen molar-refractivity contribution in [1.29, 1.82) is 0 Å². The number of para-hydroxylation sites is 2. The van der Waals surface area contributed by atoms with Gasteiger partial charge >= 0.3 is 0 Å². The molecule has 3 rings (SSSR count). The van der Waals surface area contributed by atoms with Crippen LogP contribution >= 0.6 is 11.6 Å². The first-order chi connectivity index (χ1) is 12.7. The monoisotopic (exact) mass is 369 g/mol. The zero-order chi connectivity index (χ0) is 18.4. The van der Waals surface area contributed by atoms with Crippen LogP contribution in [0.5, 0.6) is 5.75 Å². The Balaban J connectivity index is 1.67. The molecule has 2 aromatic carbocycles. The molecule has 1 aromatic heterocycles. The molecule has 0 radical (unpaired) electrons. The zero-order valence-corrected chi connectivity index (χ0v) is 15.2. The van der Waals surface area contributed by atoms with Crippen LogP contribution in [0.2, 0.25) is 5.02 Å². The van der Waals surface area contributed by atoms with E-state index in [-0.39, 0.29) is 5.91 Å². The molecular weight excluding hydrogens is 350 g/mol. The van der Waals surface area contributed by atoms with E-state index in [9.17, 15) is 4.79 Å². The molecule has 3 aromatic rings. The second-order valence-corrected chi connectivity index (χ2v) is 6.17. The largest absolute Gasteiger partial charge is 0.479 e. The van der Waals surface area contributed by atoms with Crippen LogP contribution in [-0.4, -0.2) is 21.6 Å². The number of halogens is 1. The Morgan fingerprint density at radius 2 is 2.00 bits per heavy atom. The molecule has 1 amide bonds. The highest BCUT2D eigenvalue weighted by Gasteiger charge is 2.19. The summed E-state index contributed by atoms with van der Waals surface area (Å²) >= 11 is 6.12. The quantitative estimate of drug-likeness (QED) is 0.684. The SMILES string of the molecule is CCC(Oc1ccccc1Cl)C(=O)NCc1ccccc1-n1ccnc1. The molecule has 5 nitrogen and oxygen atoms in total. The fraction of sp³-hybridized carbons (Fsp3) is 0.200. The Labute approximate surface area is 157 Å². The van der Waals surface area contributed by atoms with E-state index in [1.165, 1.54) is 0 Å². The third-order valence-electron chi connectivity index (χ3n) is 4.00. The van der Waals surface area contributed by atoms with Gasteiger partial charge in [-0.1, -0.05) is 48.9 Å². The van der Waals surface area contributed by atoms with E-state index in [0.717, 1.165) is 11.3 Å². The molecule has 134 valence electrons. The van der Waals surface area contributed by atoms with E-state index in [2.05, 4.69) is 10.3 Å². The molecule has 1 unspecified atom stereocenters. The fourth-order valence-electron chi connectivity index (χ4n) is 2.63. The van der Waals surface area contributed by atoms with Crippen molar-refractivity contribution in [3.05, 3.63) is 77.8 Å². The minimum absolute atomic E-state index is 0.173. The molecule has 1 N–H and O–H groups in total. The van der Waals surface area contributed by atoms with Gasteiger partial charge in [-0.3, -0.25) is 4.79 Å². The van der Waals surface area contributed by atoms with E-state index < -0.39 is 6.10 Å². The molecule has 0 spiro atoms. The summed E-state index contributed by atoms with van der Waals surface area (Å²) in [7, 11) is 0. The van der Waals surface area contributed by atoms with Gasteiger partial charge in [0, 0.05) is 18.9 Å². The molecule has 0 aliphatic heterocycles. The van der Waals surface area contributed by atoms with Crippen molar-refractivity contribution in [3.8, 4) is 11.4 Å². The number of aromatic nitrogens is 2. The number of rotatable bonds is 7. The average Bonchev–Trinajstić information content (AvgIpc) is 3.20. The summed E-state index contributed by atoms with van der Waals surface area (Å²) in [5, 5.41) is 3.44. The van der Waals surface area contributed by atoms with Crippen molar-refractivity contribution in [2.45, 2.75) is 26.0 Å². The number of hydrogen-bond acceptors (Lipinski definition) is 3. The third-order valence-corrected chi connectivity index (χ3v) is 4.31. The van der Waals surface area contributed by atoms with Crippen LogP contribution in [0.25, 0.3) is 5.69 Å². The minimum Gasteiger partial charge on any atom is -0.479 e. The van der Waals surface area contributed by atoms with E-state index in [1.807, 2.05) is 54.1 Å². The number of nitrogens with zero attached hydrogens (tertiary/aromatic N) is 2. The van der Waals surface area contributed by atoms with Gasteiger partial charge in [-0.25, -0.2) is 4.98 Å². The van der Waals surface area contributed by atoms with Crippen LogP contribution in [0, 0.1) is 0 Å². The second kappa shape index (κ2) is 8.54. The van der Waals surface area contributed by atoms with Gasteiger partial charge in [0.05, 0.1) is 17.0 Å². The zero-order valence-electron chi connectivity index (χ0n) is 14.4. The number of nitrogens with one attached hydrogen (secondary N) is 1. The Bertz CT molecular complexity index is 865. The van der Waals surface area contributed by atoms with Crippen molar-refractivity contribution in [2.75, 3.05) is 0 Å². The van der Waals surface area contributed by atoms with Gasteiger partial charge in [0.2, 0.25) is 0 Å². The Hall–Kier alpha value is -2.79. The normalized spacial score (nSPS) is 11.8. The van der Waals surface area contributed by atoms with Crippen molar-refractivity contribution >= 4 is 17.5 Å². The van der Waals surface area contributed by atoms with Crippen molar-refractivity contribution in [3.63, 3.8) is 0 Å². The maximum atomic E-state index is 12.6. The van der Waals surface area contributed by atoms with E-state index in [0.29, 0.717) is 23.7 Å². The van der Waals surface area contributed by atoms with Gasteiger partial charge in [0.25, 0.3) is 5.91 Å². The molecule has 1 heterocycles. The highest BCUT2D eigenvalue weighted by Crippen LogP contribution is 2.25. The fourth-order valence-corrected chi connectivity index (χ4v) is 2.81. The minimum atomic E-state index is -0.602. The summed E-state index contributed by atoms with van der Waals surface area (Å²) in [5.41, 5.74) is 1.97. The van der Waals surface area contributed by atoms with Crippen LogP contribution in [-0.2, 0) is 11.3 Å². The predicted octanol–water partition coefficient (Wildman–Crippen LogP) is 4.00. The van der Waals surface area contributed by atoms with Gasteiger partial charge in [-0.2, -0.15) is 0 Å². The number of amides is 1. The number of benzene rings is 2. The predicted molar refractivity (Wildman–Crippen MR) is 102 cm³/mol. The van der Waals surface area contributed by atoms with E-state index in [4.69, 9.17) is 16.3 Å². The van der Waals surface area contributed by atoms with Crippen LogP contribution in [0.4, 0.5) is 0 Å². The topological polar surface area (TPSA) is 56.1 Å². The molecule has 26 heavy (non-hydrogen) atoms. The van der Waals surface area contributed by atoms with Crippen LogP contribution < -0.4 is 10.1 Å². The molecule has 0 aliphatic rings. The molecule has 1 atom stereocenters. The van der Waals surface area contributed by atoms with E-state index in [1.54, 1.807) is 24.7 Å². The number of hydrogen-bond donors (Lipinski definition) is 1. The van der Waals surface area contributed by atoms with Crippen molar-refractivity contribution in [2.24, 2.45) is 0 Å². The Morgan fingerprint density at radius 1 is 1.23 bits per heavy atom. The van der Waals surface area contributed by atoms with Crippen LogP contribution in [0.1, 0.15) is 18.9 Å². The highest BCUT2D eigenvalue weighted by molar-refractivity contribution is 6.32. The van der Waals surface area contributed by atoms with Gasteiger partial charge in [-0.15, -0.1) is 0 Å².